The molecule has 1 aromatic carbocycles. The molecule has 3 rings (SSSR count). The topological polar surface area (TPSA) is 101 Å². The van der Waals surface area contributed by atoms with E-state index in [-0.39, 0.29) is 18.2 Å². The fraction of sp³-hybridized carbons (Fsp3) is 0.286. The molecule has 2 amide bonds. The van der Waals surface area contributed by atoms with Crippen molar-refractivity contribution in [2.75, 3.05) is 18.5 Å². The number of benzene rings is 1. The van der Waals surface area contributed by atoms with Crippen LogP contribution in [0, 0.1) is 0 Å². The molecule has 1 unspecified atom stereocenters. The number of aliphatic imine (C=N–C) groups is 1. The lowest BCUT2D eigenvalue weighted by Crippen LogP contribution is -2.33. The molecule has 0 bridgehead atoms. The maximum absolute atomic E-state index is 12.7. The number of ether oxygens (including phenoxy) is 1. The molecule has 1 saturated heterocycles. The minimum absolute atomic E-state index is 0.00725. The van der Waals surface area contributed by atoms with Gasteiger partial charge in [0.05, 0.1) is 17.2 Å². The Bertz CT molecular complexity index is 995. The van der Waals surface area contributed by atoms with Gasteiger partial charge >= 0.3 is 5.97 Å². The van der Waals surface area contributed by atoms with Crippen LogP contribution in [0.3, 0.4) is 0 Å². The fourth-order valence-corrected chi connectivity index (χ4v) is 4.15. The Hall–Kier alpha value is -2.91. The first kappa shape index (κ1) is 22.8. The molecule has 1 aromatic heterocycles. The summed E-state index contributed by atoms with van der Waals surface area (Å²) >= 11 is 7.08. The van der Waals surface area contributed by atoms with Gasteiger partial charge in [-0.05, 0) is 50.2 Å². The number of nitrogens with zero attached hydrogens (tertiary/aromatic N) is 3. The van der Waals surface area contributed by atoms with Gasteiger partial charge in [0.15, 0.2) is 11.0 Å². The van der Waals surface area contributed by atoms with E-state index < -0.39 is 11.2 Å². The Morgan fingerprint density at radius 3 is 2.58 bits per heavy atom. The molecule has 1 aliphatic heterocycles. The minimum atomic E-state index is -0.579. The normalized spacial score (nSPS) is 17.1. The van der Waals surface area contributed by atoms with Crippen LogP contribution in [-0.4, -0.2) is 51.2 Å². The third-order valence-corrected chi connectivity index (χ3v) is 5.71. The van der Waals surface area contributed by atoms with Crippen molar-refractivity contribution in [3.63, 3.8) is 0 Å². The predicted octanol–water partition coefficient (Wildman–Crippen LogP) is 3.89. The molecule has 0 radical (unpaired) electrons. The molecule has 162 valence electrons. The summed E-state index contributed by atoms with van der Waals surface area (Å²) in [5, 5.41) is 3.17. The van der Waals surface area contributed by atoms with E-state index in [0.717, 1.165) is 0 Å². The van der Waals surface area contributed by atoms with Crippen molar-refractivity contribution < 1.29 is 19.1 Å². The van der Waals surface area contributed by atoms with Gasteiger partial charge in [0.1, 0.15) is 5.25 Å². The summed E-state index contributed by atoms with van der Waals surface area (Å²) in [5.74, 6) is -0.468. The average molecular weight is 461 g/mol. The highest BCUT2D eigenvalue weighted by Crippen LogP contribution is 2.31. The number of aromatic nitrogens is 1. The van der Waals surface area contributed by atoms with Gasteiger partial charge in [-0.1, -0.05) is 23.4 Å². The highest BCUT2D eigenvalue weighted by molar-refractivity contribution is 8.15. The minimum Gasteiger partial charge on any atom is -0.462 e. The Morgan fingerprint density at radius 1 is 1.23 bits per heavy atom. The maximum atomic E-state index is 12.7. The zero-order valence-electron chi connectivity index (χ0n) is 17.0. The van der Waals surface area contributed by atoms with E-state index in [1.807, 2.05) is 6.92 Å². The van der Waals surface area contributed by atoms with Crippen molar-refractivity contribution in [2.24, 2.45) is 4.99 Å². The SMILES string of the molecule is CCOC(=O)c1ccc(NC(=O)CC2SC(=Nc3ccc(Cl)cn3)N(CC)C2=O)cc1. The van der Waals surface area contributed by atoms with Gasteiger partial charge in [-0.25, -0.2) is 14.8 Å². The second-order valence-corrected chi connectivity index (χ2v) is 8.07. The molecule has 2 aromatic rings. The molecule has 0 spiro atoms. The molecule has 1 fully saturated rings. The number of rotatable bonds is 7. The van der Waals surface area contributed by atoms with E-state index in [0.29, 0.717) is 40.4 Å². The molecule has 31 heavy (non-hydrogen) atoms. The van der Waals surface area contributed by atoms with Crippen LogP contribution >= 0.6 is 23.4 Å². The Labute approximate surface area is 189 Å². The van der Waals surface area contributed by atoms with Crippen LogP contribution in [-0.2, 0) is 14.3 Å². The molecular formula is C21H21ClN4O4S. The number of amidine groups is 1. The lowest BCUT2D eigenvalue weighted by Gasteiger charge is -2.13. The molecule has 0 aliphatic carbocycles. The quantitative estimate of drug-likeness (QED) is 0.629. The highest BCUT2D eigenvalue weighted by Gasteiger charge is 2.38. The summed E-state index contributed by atoms with van der Waals surface area (Å²) in [7, 11) is 0. The largest absolute Gasteiger partial charge is 0.462 e. The van der Waals surface area contributed by atoms with Gasteiger partial charge in [-0.3, -0.25) is 14.5 Å². The van der Waals surface area contributed by atoms with Crippen LogP contribution < -0.4 is 5.32 Å². The van der Waals surface area contributed by atoms with Crippen LogP contribution in [0.2, 0.25) is 5.02 Å². The van der Waals surface area contributed by atoms with Gasteiger partial charge in [0.25, 0.3) is 0 Å². The zero-order valence-corrected chi connectivity index (χ0v) is 18.6. The number of pyridine rings is 1. The summed E-state index contributed by atoms with van der Waals surface area (Å²) < 4.78 is 4.94. The van der Waals surface area contributed by atoms with Crippen molar-refractivity contribution >= 4 is 57.8 Å². The van der Waals surface area contributed by atoms with Crippen molar-refractivity contribution in [1.29, 1.82) is 0 Å². The lowest BCUT2D eigenvalue weighted by atomic mass is 10.2. The van der Waals surface area contributed by atoms with Gasteiger partial charge in [0.2, 0.25) is 11.8 Å². The smallest absolute Gasteiger partial charge is 0.338 e. The fourth-order valence-electron chi connectivity index (χ4n) is 2.83. The third-order valence-electron chi connectivity index (χ3n) is 4.31. The van der Waals surface area contributed by atoms with E-state index >= 15 is 0 Å². The lowest BCUT2D eigenvalue weighted by molar-refractivity contribution is -0.128. The van der Waals surface area contributed by atoms with Crippen LogP contribution in [0.1, 0.15) is 30.6 Å². The summed E-state index contributed by atoms with van der Waals surface area (Å²) in [4.78, 5) is 47.0. The number of carbonyl (C=O) groups excluding carboxylic acids is 3. The Balaban J connectivity index is 1.63. The van der Waals surface area contributed by atoms with Crippen molar-refractivity contribution in [3.8, 4) is 0 Å². The van der Waals surface area contributed by atoms with Crippen molar-refractivity contribution in [2.45, 2.75) is 25.5 Å². The number of hydrogen-bond donors (Lipinski definition) is 1. The monoisotopic (exact) mass is 460 g/mol. The van der Waals surface area contributed by atoms with Gasteiger partial charge in [-0.15, -0.1) is 0 Å². The number of thioether (sulfide) groups is 1. The second kappa shape index (κ2) is 10.4. The van der Waals surface area contributed by atoms with E-state index in [2.05, 4.69) is 15.3 Å². The Morgan fingerprint density at radius 2 is 1.97 bits per heavy atom. The first-order valence-electron chi connectivity index (χ1n) is 9.66. The summed E-state index contributed by atoms with van der Waals surface area (Å²) in [6.07, 6.45) is 1.48. The standard InChI is InChI=1S/C21H21ClN4O4S/c1-3-26-19(28)16(31-21(26)25-17-10-7-14(22)12-23-17)11-18(27)24-15-8-5-13(6-9-15)20(29)30-4-2/h5-10,12,16H,3-4,11H2,1-2H3,(H,24,27). The van der Waals surface area contributed by atoms with Crippen LogP contribution in [0.4, 0.5) is 11.5 Å². The molecule has 10 heteroatoms. The van der Waals surface area contributed by atoms with E-state index in [9.17, 15) is 14.4 Å². The van der Waals surface area contributed by atoms with Crippen LogP contribution in [0.15, 0.2) is 47.6 Å². The van der Waals surface area contributed by atoms with Crippen LogP contribution in [0.25, 0.3) is 0 Å². The number of nitrogens with one attached hydrogen (secondary N) is 1. The number of hydrogen-bond acceptors (Lipinski definition) is 7. The number of anilines is 1. The molecule has 1 aliphatic rings. The van der Waals surface area contributed by atoms with E-state index in [4.69, 9.17) is 16.3 Å². The number of carbonyl (C=O) groups is 3. The molecular weight excluding hydrogens is 440 g/mol. The zero-order chi connectivity index (χ0) is 22.4. The summed E-state index contributed by atoms with van der Waals surface area (Å²) in [6, 6.07) is 9.71. The highest BCUT2D eigenvalue weighted by atomic mass is 35.5. The van der Waals surface area contributed by atoms with E-state index in [1.165, 1.54) is 22.9 Å². The second-order valence-electron chi connectivity index (χ2n) is 6.47. The van der Waals surface area contributed by atoms with Crippen LogP contribution in [0.5, 0.6) is 0 Å². The number of halogens is 1. The third kappa shape index (κ3) is 5.83. The average Bonchev–Trinajstić information content (AvgIpc) is 3.04. The molecule has 2 heterocycles. The molecule has 1 atom stereocenters. The summed E-state index contributed by atoms with van der Waals surface area (Å²) in [6.45, 7) is 4.30. The van der Waals surface area contributed by atoms with Crippen molar-refractivity contribution in [3.05, 3.63) is 53.2 Å². The predicted molar refractivity (Wildman–Crippen MR) is 121 cm³/mol. The van der Waals surface area contributed by atoms with Gasteiger partial charge in [0, 0.05) is 24.8 Å². The number of amides is 2. The molecule has 0 saturated carbocycles. The molecule has 1 N–H and O–H groups in total. The maximum Gasteiger partial charge on any atom is 0.338 e. The first-order valence-corrected chi connectivity index (χ1v) is 10.9. The van der Waals surface area contributed by atoms with Crippen molar-refractivity contribution in [1.82, 2.24) is 9.88 Å². The number of esters is 1. The first-order chi connectivity index (χ1) is 14.9. The Kier molecular flexibility index (Phi) is 7.64. The summed E-state index contributed by atoms with van der Waals surface area (Å²) in [5.41, 5.74) is 0.928. The molecule has 8 nitrogen and oxygen atoms in total. The van der Waals surface area contributed by atoms with E-state index in [1.54, 1.807) is 43.3 Å². The van der Waals surface area contributed by atoms with Gasteiger partial charge < -0.3 is 10.1 Å². The van der Waals surface area contributed by atoms with Gasteiger partial charge in [-0.2, -0.15) is 0 Å².